The lowest BCUT2D eigenvalue weighted by Gasteiger charge is -2.26. The van der Waals surface area contributed by atoms with Gasteiger partial charge in [0, 0.05) is 31.1 Å². The molecule has 0 spiro atoms. The molecule has 1 aliphatic heterocycles. The van der Waals surface area contributed by atoms with Crippen molar-refractivity contribution in [2.75, 3.05) is 19.7 Å². The first kappa shape index (κ1) is 17.6. The number of amides is 1. The summed E-state index contributed by atoms with van der Waals surface area (Å²) in [4.78, 5) is 14.5. The van der Waals surface area contributed by atoms with Crippen LogP contribution in [-0.2, 0) is 18.3 Å². The second-order valence-electron chi connectivity index (χ2n) is 7.02. The molecule has 1 aliphatic rings. The Morgan fingerprint density at radius 1 is 1.28 bits per heavy atom. The summed E-state index contributed by atoms with van der Waals surface area (Å²) in [6.07, 6.45) is 3.09. The molecule has 1 amide bonds. The van der Waals surface area contributed by atoms with Crippen LogP contribution in [0.15, 0.2) is 30.3 Å². The molecular weight excluding hydrogens is 316 g/mol. The lowest BCUT2D eigenvalue weighted by Crippen LogP contribution is -2.35. The molecule has 6 heteroatoms. The van der Waals surface area contributed by atoms with E-state index in [-0.39, 0.29) is 24.3 Å². The van der Waals surface area contributed by atoms with E-state index >= 15 is 0 Å². The summed E-state index contributed by atoms with van der Waals surface area (Å²) in [5.74, 6) is 1.49. The number of rotatable bonds is 6. The number of carbonyl (C=O) groups is 1. The highest BCUT2D eigenvalue weighted by Crippen LogP contribution is 2.34. The number of benzene rings is 1. The molecular formula is C19H26N4O2. The fourth-order valence-corrected chi connectivity index (χ4v) is 3.69. The highest BCUT2D eigenvalue weighted by Gasteiger charge is 2.38. The molecule has 25 heavy (non-hydrogen) atoms. The van der Waals surface area contributed by atoms with Crippen molar-refractivity contribution in [1.29, 1.82) is 0 Å². The van der Waals surface area contributed by atoms with Gasteiger partial charge >= 0.3 is 0 Å². The zero-order chi connectivity index (χ0) is 17.9. The van der Waals surface area contributed by atoms with Gasteiger partial charge in [0.15, 0.2) is 5.82 Å². The van der Waals surface area contributed by atoms with E-state index in [9.17, 15) is 9.90 Å². The molecule has 0 radical (unpaired) electrons. The maximum Gasteiger partial charge on any atom is 0.230 e. The topological polar surface area (TPSA) is 71.2 Å². The normalized spacial score (nSPS) is 20.2. The number of hydrogen-bond acceptors (Lipinski definition) is 4. The Hall–Kier alpha value is -2.21. The van der Waals surface area contributed by atoms with Crippen molar-refractivity contribution in [1.82, 2.24) is 19.7 Å². The van der Waals surface area contributed by atoms with E-state index in [1.807, 2.05) is 46.8 Å². The minimum absolute atomic E-state index is 0.0570. The number of aromatic nitrogens is 3. The van der Waals surface area contributed by atoms with Gasteiger partial charge in [-0.2, -0.15) is 0 Å². The molecule has 0 aliphatic carbocycles. The predicted molar refractivity (Wildman–Crippen MR) is 95.8 cm³/mol. The largest absolute Gasteiger partial charge is 0.396 e. The van der Waals surface area contributed by atoms with Gasteiger partial charge in [-0.1, -0.05) is 43.7 Å². The zero-order valence-corrected chi connectivity index (χ0v) is 15.0. The Bertz CT molecular complexity index is 728. The van der Waals surface area contributed by atoms with E-state index in [1.54, 1.807) is 0 Å². The molecule has 134 valence electrons. The van der Waals surface area contributed by atoms with Crippen molar-refractivity contribution in [2.24, 2.45) is 12.5 Å². The first-order valence-electron chi connectivity index (χ1n) is 8.91. The van der Waals surface area contributed by atoms with E-state index in [1.165, 1.54) is 0 Å². The van der Waals surface area contributed by atoms with Crippen molar-refractivity contribution in [3.05, 3.63) is 36.2 Å². The van der Waals surface area contributed by atoms with E-state index in [2.05, 4.69) is 17.1 Å². The van der Waals surface area contributed by atoms with Crippen LogP contribution in [0.2, 0.25) is 0 Å². The van der Waals surface area contributed by atoms with Crippen molar-refractivity contribution in [3.63, 3.8) is 0 Å². The van der Waals surface area contributed by atoms with Crippen LogP contribution in [0.25, 0.3) is 11.4 Å². The second-order valence-corrected chi connectivity index (χ2v) is 7.02. The monoisotopic (exact) mass is 342 g/mol. The third-order valence-electron chi connectivity index (χ3n) is 5.21. The average Bonchev–Trinajstić information content (AvgIpc) is 3.21. The summed E-state index contributed by atoms with van der Waals surface area (Å²) in [5, 5.41) is 18.2. The first-order chi connectivity index (χ1) is 12.1. The van der Waals surface area contributed by atoms with Gasteiger partial charge in [0.05, 0.1) is 13.0 Å². The van der Waals surface area contributed by atoms with E-state index in [0.717, 1.165) is 30.7 Å². The number of hydrogen-bond donors (Lipinski definition) is 1. The lowest BCUT2D eigenvalue weighted by molar-refractivity contribution is -0.130. The van der Waals surface area contributed by atoms with Gasteiger partial charge in [0.2, 0.25) is 5.91 Å². The molecule has 0 saturated carbocycles. The maximum absolute atomic E-state index is 12.7. The molecule has 1 N–H and O–H groups in total. The molecule has 3 rings (SSSR count). The highest BCUT2D eigenvalue weighted by molar-refractivity contribution is 5.78. The standard InChI is InChI=1S/C19H26N4O2/c1-3-9-19(14-24)10-11-23(13-19)17(25)12-16-20-21-18(22(16)2)15-7-5-4-6-8-15/h4-8,24H,3,9-14H2,1-2H3. The molecule has 6 nitrogen and oxygen atoms in total. The molecule has 2 aromatic rings. The Morgan fingerprint density at radius 3 is 2.72 bits per heavy atom. The Kier molecular flexibility index (Phi) is 5.18. The third kappa shape index (κ3) is 3.58. The number of nitrogens with zero attached hydrogens (tertiary/aromatic N) is 4. The Labute approximate surface area is 148 Å². The molecule has 1 aromatic carbocycles. The Balaban J connectivity index is 1.69. The van der Waals surface area contributed by atoms with Gasteiger partial charge in [0.1, 0.15) is 5.82 Å². The lowest BCUT2D eigenvalue weighted by atomic mass is 9.83. The van der Waals surface area contributed by atoms with Crippen LogP contribution in [0.5, 0.6) is 0 Å². The van der Waals surface area contributed by atoms with Gasteiger partial charge in [-0.05, 0) is 12.8 Å². The van der Waals surface area contributed by atoms with Gasteiger partial charge in [-0.3, -0.25) is 4.79 Å². The summed E-state index contributed by atoms with van der Waals surface area (Å²) < 4.78 is 1.88. The third-order valence-corrected chi connectivity index (χ3v) is 5.21. The minimum atomic E-state index is -0.125. The molecule has 1 unspecified atom stereocenters. The van der Waals surface area contributed by atoms with Crippen molar-refractivity contribution < 1.29 is 9.90 Å². The van der Waals surface area contributed by atoms with Crippen LogP contribution >= 0.6 is 0 Å². The van der Waals surface area contributed by atoms with Gasteiger partial charge in [-0.25, -0.2) is 0 Å². The zero-order valence-electron chi connectivity index (χ0n) is 15.0. The van der Waals surface area contributed by atoms with Gasteiger partial charge in [0.25, 0.3) is 0 Å². The molecule has 0 bridgehead atoms. The quantitative estimate of drug-likeness (QED) is 0.872. The van der Waals surface area contributed by atoms with Crippen molar-refractivity contribution >= 4 is 5.91 Å². The first-order valence-corrected chi connectivity index (χ1v) is 8.91. The highest BCUT2D eigenvalue weighted by atomic mass is 16.3. The summed E-state index contributed by atoms with van der Waals surface area (Å²) >= 11 is 0. The summed E-state index contributed by atoms with van der Waals surface area (Å²) in [6, 6.07) is 9.84. The minimum Gasteiger partial charge on any atom is -0.396 e. The molecule has 2 heterocycles. The van der Waals surface area contributed by atoms with Crippen LogP contribution in [-0.4, -0.2) is 50.4 Å². The number of likely N-dealkylation sites (tertiary alicyclic amines) is 1. The number of carbonyl (C=O) groups excluding carboxylic acids is 1. The van der Waals surface area contributed by atoms with E-state index in [0.29, 0.717) is 18.9 Å². The molecule has 1 saturated heterocycles. The van der Waals surface area contributed by atoms with Crippen LogP contribution in [0, 0.1) is 5.41 Å². The van der Waals surface area contributed by atoms with E-state index in [4.69, 9.17) is 0 Å². The summed E-state index contributed by atoms with van der Waals surface area (Å²) in [6.45, 7) is 3.61. The van der Waals surface area contributed by atoms with Gasteiger partial charge in [-0.15, -0.1) is 10.2 Å². The molecule has 1 atom stereocenters. The van der Waals surface area contributed by atoms with Crippen LogP contribution < -0.4 is 0 Å². The van der Waals surface area contributed by atoms with Crippen LogP contribution in [0.1, 0.15) is 32.0 Å². The van der Waals surface area contributed by atoms with Crippen molar-refractivity contribution in [2.45, 2.75) is 32.6 Å². The van der Waals surface area contributed by atoms with Crippen LogP contribution in [0.3, 0.4) is 0 Å². The average molecular weight is 342 g/mol. The summed E-state index contributed by atoms with van der Waals surface area (Å²) in [5.41, 5.74) is 0.860. The summed E-state index contributed by atoms with van der Waals surface area (Å²) in [7, 11) is 1.89. The smallest absolute Gasteiger partial charge is 0.230 e. The molecule has 1 aromatic heterocycles. The predicted octanol–water partition coefficient (Wildman–Crippen LogP) is 2.04. The van der Waals surface area contributed by atoms with Gasteiger partial charge < -0.3 is 14.6 Å². The maximum atomic E-state index is 12.7. The molecule has 1 fully saturated rings. The van der Waals surface area contributed by atoms with Crippen LogP contribution in [0.4, 0.5) is 0 Å². The fourth-order valence-electron chi connectivity index (χ4n) is 3.69. The number of aliphatic hydroxyl groups excluding tert-OH is 1. The van der Waals surface area contributed by atoms with Crippen molar-refractivity contribution in [3.8, 4) is 11.4 Å². The second kappa shape index (κ2) is 7.35. The fraction of sp³-hybridized carbons (Fsp3) is 0.526. The SMILES string of the molecule is CCCC1(CO)CCN(C(=O)Cc2nnc(-c3ccccc3)n2C)C1. The Morgan fingerprint density at radius 2 is 2.04 bits per heavy atom. The van der Waals surface area contributed by atoms with E-state index < -0.39 is 0 Å². The number of aliphatic hydroxyl groups is 1.